The molecule has 10 heteroatoms. The Morgan fingerprint density at radius 3 is 2.66 bits per heavy atom. The van der Waals surface area contributed by atoms with Gasteiger partial charge in [-0.2, -0.15) is 0 Å². The highest BCUT2D eigenvalue weighted by atomic mass is 16.7. The first-order valence-corrected chi connectivity index (χ1v) is 8.52. The average Bonchev–Trinajstić information content (AvgIpc) is 3.37. The summed E-state index contributed by atoms with van der Waals surface area (Å²) < 4.78 is 20.7. The van der Waals surface area contributed by atoms with Crippen LogP contribution in [0.25, 0.3) is 11.3 Å². The normalized spacial score (nSPS) is 11.9. The molecule has 148 valence electrons. The van der Waals surface area contributed by atoms with E-state index in [9.17, 15) is 14.9 Å². The summed E-state index contributed by atoms with van der Waals surface area (Å²) in [6.07, 6.45) is 0. The largest absolute Gasteiger partial charge is 0.465 e. The molecule has 1 N–H and O–H groups in total. The van der Waals surface area contributed by atoms with Crippen LogP contribution >= 0.6 is 0 Å². The Morgan fingerprint density at radius 1 is 1.24 bits per heavy atom. The molecular weight excluding hydrogens is 382 g/mol. The van der Waals surface area contributed by atoms with Crippen LogP contribution in [0, 0.1) is 10.1 Å². The fourth-order valence-electron chi connectivity index (χ4n) is 2.93. The van der Waals surface area contributed by atoms with E-state index in [2.05, 4.69) is 10.5 Å². The van der Waals surface area contributed by atoms with Gasteiger partial charge in [0.1, 0.15) is 5.56 Å². The molecule has 3 aromatic rings. The molecule has 0 unspecified atom stereocenters. The van der Waals surface area contributed by atoms with Crippen LogP contribution in [0.15, 0.2) is 47.0 Å². The Kier molecular flexibility index (Phi) is 4.73. The molecule has 2 aromatic carbocycles. The molecular formula is C19H15N3O7. The lowest BCUT2D eigenvalue weighted by Gasteiger charge is -2.06. The minimum absolute atomic E-state index is 0.0277. The molecule has 0 radical (unpaired) electrons. The number of ether oxygens (including phenoxy) is 3. The first-order chi connectivity index (χ1) is 14.1. The van der Waals surface area contributed by atoms with Crippen molar-refractivity contribution in [3.05, 3.63) is 63.7 Å². The summed E-state index contributed by atoms with van der Waals surface area (Å²) >= 11 is 0. The number of anilines is 1. The van der Waals surface area contributed by atoms with E-state index >= 15 is 0 Å². The number of fused-ring (bicyclic) bond motifs is 1. The van der Waals surface area contributed by atoms with E-state index in [1.165, 1.54) is 19.2 Å². The Hall–Kier alpha value is -4.08. The number of nitrogens with one attached hydrogen (secondary N) is 1. The van der Waals surface area contributed by atoms with Crippen molar-refractivity contribution >= 4 is 17.5 Å². The van der Waals surface area contributed by atoms with Crippen LogP contribution in [0.1, 0.15) is 15.9 Å². The van der Waals surface area contributed by atoms with Crippen molar-refractivity contribution in [1.82, 2.24) is 5.16 Å². The molecule has 0 amide bonds. The second kappa shape index (κ2) is 7.50. The number of benzene rings is 2. The highest BCUT2D eigenvalue weighted by Gasteiger charge is 2.32. The number of aromatic nitrogens is 1. The van der Waals surface area contributed by atoms with Crippen LogP contribution in [0.3, 0.4) is 0 Å². The zero-order valence-corrected chi connectivity index (χ0v) is 15.2. The first kappa shape index (κ1) is 18.3. The number of nitrogens with zero attached hydrogens (tertiary/aromatic N) is 2. The summed E-state index contributed by atoms with van der Waals surface area (Å²) in [6, 6.07) is 12.0. The van der Waals surface area contributed by atoms with Gasteiger partial charge in [-0.15, -0.1) is 0 Å². The number of carbonyl (C=O) groups excluding carboxylic acids is 1. The van der Waals surface area contributed by atoms with Crippen molar-refractivity contribution < 1.29 is 28.5 Å². The zero-order chi connectivity index (χ0) is 20.4. The van der Waals surface area contributed by atoms with Crippen molar-refractivity contribution in [2.45, 2.75) is 6.54 Å². The topological polar surface area (TPSA) is 126 Å². The van der Waals surface area contributed by atoms with Crippen LogP contribution in [0.4, 0.5) is 11.5 Å². The van der Waals surface area contributed by atoms with Gasteiger partial charge in [0.25, 0.3) is 5.69 Å². The summed E-state index contributed by atoms with van der Waals surface area (Å²) in [5.74, 6) is -0.192. The highest BCUT2D eigenvalue weighted by Crippen LogP contribution is 2.44. The molecule has 1 aliphatic heterocycles. The third-order valence-electron chi connectivity index (χ3n) is 4.32. The van der Waals surface area contributed by atoms with Crippen LogP contribution in [-0.4, -0.2) is 30.0 Å². The number of hydrogen-bond donors (Lipinski definition) is 1. The number of carbonyl (C=O) groups is 1. The fourth-order valence-corrected chi connectivity index (χ4v) is 2.93. The van der Waals surface area contributed by atoms with Crippen molar-refractivity contribution in [2.75, 3.05) is 19.2 Å². The number of esters is 1. The smallest absolute Gasteiger partial charge is 0.345 e. The predicted octanol–water partition coefficient (Wildman–Crippen LogP) is 3.38. The van der Waals surface area contributed by atoms with E-state index < -0.39 is 10.9 Å². The van der Waals surface area contributed by atoms with E-state index in [0.717, 1.165) is 5.56 Å². The summed E-state index contributed by atoms with van der Waals surface area (Å²) in [5.41, 5.74) is 0.609. The van der Waals surface area contributed by atoms with Gasteiger partial charge in [-0.1, -0.05) is 35.5 Å². The van der Waals surface area contributed by atoms with Crippen molar-refractivity contribution in [3.63, 3.8) is 0 Å². The Labute approximate surface area is 164 Å². The number of methoxy groups -OCH3 is 1. The minimum atomic E-state index is -0.747. The second-order valence-electron chi connectivity index (χ2n) is 6.05. The van der Waals surface area contributed by atoms with E-state index in [1.807, 2.05) is 30.3 Å². The van der Waals surface area contributed by atoms with Crippen molar-refractivity contribution in [1.29, 1.82) is 0 Å². The van der Waals surface area contributed by atoms with E-state index in [-0.39, 0.29) is 40.9 Å². The standard InChI is InChI=1S/C19H15N3O7/c1-26-19(23)16-17(29-21-18(16)20-9-11-5-3-2-4-6-11)12-7-14-15(28-10-27-14)8-13(12)22(24)25/h2-8H,9-10H2,1H3,(H,20,21). The maximum absolute atomic E-state index is 12.4. The highest BCUT2D eigenvalue weighted by molar-refractivity contribution is 6.01. The molecule has 1 aliphatic rings. The number of nitro benzene ring substituents is 1. The second-order valence-corrected chi connectivity index (χ2v) is 6.05. The zero-order valence-electron chi connectivity index (χ0n) is 15.2. The van der Waals surface area contributed by atoms with Gasteiger partial charge >= 0.3 is 5.97 Å². The van der Waals surface area contributed by atoms with Crippen LogP contribution in [0.5, 0.6) is 11.5 Å². The number of nitro groups is 1. The SMILES string of the molecule is COC(=O)c1c(NCc2ccccc2)noc1-c1cc2c(cc1[N+](=O)[O-])OCO2. The maximum atomic E-state index is 12.4. The lowest BCUT2D eigenvalue weighted by atomic mass is 10.1. The molecule has 0 saturated carbocycles. The summed E-state index contributed by atoms with van der Waals surface area (Å²) in [6.45, 7) is 0.306. The fraction of sp³-hybridized carbons (Fsp3) is 0.158. The molecule has 0 atom stereocenters. The lowest BCUT2D eigenvalue weighted by molar-refractivity contribution is -0.384. The van der Waals surface area contributed by atoms with Gasteiger partial charge in [-0.3, -0.25) is 10.1 Å². The summed E-state index contributed by atoms with van der Waals surface area (Å²) in [4.78, 5) is 23.4. The van der Waals surface area contributed by atoms with Crippen molar-refractivity contribution in [2.24, 2.45) is 0 Å². The first-order valence-electron chi connectivity index (χ1n) is 8.52. The maximum Gasteiger partial charge on any atom is 0.345 e. The van der Waals surface area contributed by atoms with Gasteiger partial charge in [0.2, 0.25) is 6.79 Å². The van der Waals surface area contributed by atoms with Gasteiger partial charge in [-0.25, -0.2) is 4.79 Å². The molecule has 0 saturated heterocycles. The van der Waals surface area contributed by atoms with E-state index in [0.29, 0.717) is 12.3 Å². The molecule has 2 heterocycles. The molecule has 0 bridgehead atoms. The molecule has 4 rings (SSSR count). The average molecular weight is 397 g/mol. The summed E-state index contributed by atoms with van der Waals surface area (Å²) in [7, 11) is 1.20. The Morgan fingerprint density at radius 2 is 1.97 bits per heavy atom. The van der Waals surface area contributed by atoms with Crippen molar-refractivity contribution in [3.8, 4) is 22.8 Å². The Bertz CT molecular complexity index is 1080. The van der Waals surface area contributed by atoms with E-state index in [4.69, 9.17) is 18.7 Å². The van der Waals surface area contributed by atoms with Gasteiger partial charge in [0, 0.05) is 12.6 Å². The van der Waals surface area contributed by atoms with E-state index in [1.54, 1.807) is 0 Å². The molecule has 0 aliphatic carbocycles. The monoisotopic (exact) mass is 397 g/mol. The van der Waals surface area contributed by atoms with Crippen LogP contribution in [0.2, 0.25) is 0 Å². The third-order valence-corrected chi connectivity index (χ3v) is 4.32. The Balaban J connectivity index is 1.77. The lowest BCUT2D eigenvalue weighted by Crippen LogP contribution is -2.08. The molecule has 10 nitrogen and oxygen atoms in total. The molecule has 29 heavy (non-hydrogen) atoms. The third kappa shape index (κ3) is 3.43. The number of hydrogen-bond acceptors (Lipinski definition) is 9. The molecule has 0 spiro atoms. The minimum Gasteiger partial charge on any atom is -0.465 e. The predicted molar refractivity (Wildman–Crippen MR) is 99.8 cm³/mol. The van der Waals surface area contributed by atoms with Gasteiger partial charge in [0.05, 0.1) is 18.1 Å². The molecule has 1 aromatic heterocycles. The van der Waals surface area contributed by atoms with Gasteiger partial charge in [0.15, 0.2) is 28.6 Å². The molecule has 0 fully saturated rings. The van der Waals surface area contributed by atoms with Gasteiger partial charge < -0.3 is 24.1 Å². The summed E-state index contributed by atoms with van der Waals surface area (Å²) in [5, 5.41) is 18.5. The number of rotatable bonds is 6. The quantitative estimate of drug-likeness (QED) is 0.378. The van der Waals surface area contributed by atoms with Crippen LogP contribution in [-0.2, 0) is 11.3 Å². The van der Waals surface area contributed by atoms with Gasteiger partial charge in [-0.05, 0) is 5.56 Å². The van der Waals surface area contributed by atoms with Crippen LogP contribution < -0.4 is 14.8 Å².